The number of benzene rings is 2. The third kappa shape index (κ3) is 4.65. The largest absolute Gasteiger partial charge is 0.496 e. The molecule has 0 radical (unpaired) electrons. The number of pyridine rings is 1. The van der Waals surface area contributed by atoms with Crippen molar-refractivity contribution in [1.29, 1.82) is 0 Å². The monoisotopic (exact) mass is 675 g/mol. The van der Waals surface area contributed by atoms with Crippen LogP contribution in [0.25, 0.3) is 0 Å². The fourth-order valence-corrected chi connectivity index (χ4v) is 8.86. The number of ether oxygens (including phenoxy) is 4. The van der Waals surface area contributed by atoms with Gasteiger partial charge in [0.1, 0.15) is 29.9 Å². The Balaban J connectivity index is 1.95. The number of sulfonamides is 1. The Bertz CT molecular complexity index is 1810. The van der Waals surface area contributed by atoms with Crippen LogP contribution in [0.3, 0.4) is 0 Å². The molecule has 0 saturated carbocycles. The van der Waals surface area contributed by atoms with E-state index in [9.17, 15) is 18.3 Å². The molecule has 15 heteroatoms. The van der Waals surface area contributed by atoms with Crippen molar-refractivity contribution in [3.63, 3.8) is 0 Å². The number of carbonyl (C=O) groups is 2. The zero-order valence-electron chi connectivity index (χ0n) is 26.5. The number of quaternary nitrogens is 1. The number of likely N-dealkylation sites (tertiary alicyclic amines) is 1. The average Bonchev–Trinajstić information content (AvgIpc) is 3.49. The van der Waals surface area contributed by atoms with Gasteiger partial charge in [0, 0.05) is 36.8 Å². The van der Waals surface area contributed by atoms with E-state index in [4.69, 9.17) is 30.5 Å². The highest BCUT2D eigenvalue weighted by atomic mass is 35.5. The third-order valence-electron chi connectivity index (χ3n) is 8.89. The third-order valence-corrected chi connectivity index (χ3v) is 10.9. The van der Waals surface area contributed by atoms with E-state index in [2.05, 4.69) is 10.3 Å². The van der Waals surface area contributed by atoms with E-state index < -0.39 is 48.9 Å². The number of halogens is 1. The number of hydrogen-bond donors (Lipinski definition) is 2. The van der Waals surface area contributed by atoms with Crippen molar-refractivity contribution >= 4 is 39.1 Å². The molecule has 2 aliphatic heterocycles. The molecule has 2 aliphatic rings. The highest BCUT2D eigenvalue weighted by molar-refractivity contribution is 7.93. The van der Waals surface area contributed by atoms with E-state index in [1.807, 2.05) is 0 Å². The van der Waals surface area contributed by atoms with Gasteiger partial charge in [0.15, 0.2) is 10.9 Å². The summed E-state index contributed by atoms with van der Waals surface area (Å²) < 4.78 is 52.1. The summed E-state index contributed by atoms with van der Waals surface area (Å²) in [4.78, 5) is 33.1. The van der Waals surface area contributed by atoms with Crippen LogP contribution in [0.4, 0.5) is 5.69 Å². The number of aliphatic hydroxyl groups excluding tert-OH is 1. The summed E-state index contributed by atoms with van der Waals surface area (Å²) >= 11 is 6.59. The lowest BCUT2D eigenvalue weighted by Gasteiger charge is -2.48. The minimum Gasteiger partial charge on any atom is -0.496 e. The number of amides is 2. The van der Waals surface area contributed by atoms with E-state index in [1.54, 1.807) is 26.2 Å². The van der Waals surface area contributed by atoms with Crippen molar-refractivity contribution in [1.82, 2.24) is 10.3 Å². The van der Waals surface area contributed by atoms with Gasteiger partial charge in [-0.1, -0.05) is 11.6 Å². The number of aryl methyl sites for hydroxylation is 1. The van der Waals surface area contributed by atoms with Crippen LogP contribution in [0.2, 0.25) is 5.02 Å². The van der Waals surface area contributed by atoms with Crippen molar-refractivity contribution < 1.29 is 46.5 Å². The molecule has 2 aromatic carbocycles. The van der Waals surface area contributed by atoms with Gasteiger partial charge in [-0.05, 0) is 36.8 Å². The first-order valence-electron chi connectivity index (χ1n) is 14.2. The lowest BCUT2D eigenvalue weighted by Crippen LogP contribution is -2.69. The van der Waals surface area contributed by atoms with Gasteiger partial charge in [-0.3, -0.25) is 14.1 Å². The zero-order chi connectivity index (χ0) is 33.8. The molecule has 2 amide bonds. The van der Waals surface area contributed by atoms with Crippen LogP contribution in [0.1, 0.15) is 23.1 Å². The average molecular weight is 676 g/mol. The number of anilines is 1. The van der Waals surface area contributed by atoms with E-state index in [0.29, 0.717) is 9.87 Å². The Morgan fingerprint density at radius 2 is 1.72 bits per heavy atom. The number of hydrogen-bond acceptors (Lipinski definition) is 10. The first-order chi connectivity index (χ1) is 21.8. The molecule has 5 rings (SSSR count). The Morgan fingerprint density at radius 1 is 1.07 bits per heavy atom. The van der Waals surface area contributed by atoms with Gasteiger partial charge in [0.05, 0.1) is 52.3 Å². The fraction of sp³-hybridized carbons (Fsp3) is 0.387. The van der Waals surface area contributed by atoms with Crippen LogP contribution >= 0.6 is 11.6 Å². The van der Waals surface area contributed by atoms with Gasteiger partial charge in [0.25, 0.3) is 15.9 Å². The van der Waals surface area contributed by atoms with Crippen LogP contribution in [0.5, 0.6) is 23.1 Å². The zero-order valence-corrected chi connectivity index (χ0v) is 28.0. The van der Waals surface area contributed by atoms with E-state index >= 15 is 4.79 Å². The van der Waals surface area contributed by atoms with Gasteiger partial charge in [-0.25, -0.2) is 13.4 Å². The van der Waals surface area contributed by atoms with Crippen LogP contribution < -0.4 is 28.6 Å². The summed E-state index contributed by atoms with van der Waals surface area (Å²) in [6.45, 7) is 1.66. The number of aromatic nitrogens is 1. The van der Waals surface area contributed by atoms with Crippen molar-refractivity contribution in [2.24, 2.45) is 0 Å². The smallest absolute Gasteiger partial charge is 0.312 e. The Kier molecular flexibility index (Phi) is 8.62. The maximum absolute atomic E-state index is 15.6. The quantitative estimate of drug-likeness (QED) is 0.323. The maximum atomic E-state index is 15.6. The summed E-state index contributed by atoms with van der Waals surface area (Å²) in [6, 6.07) is 7.81. The van der Waals surface area contributed by atoms with Crippen molar-refractivity contribution in [3.8, 4) is 23.1 Å². The second-order valence-corrected chi connectivity index (χ2v) is 13.5. The van der Waals surface area contributed by atoms with E-state index in [1.165, 1.54) is 65.8 Å². The molecule has 3 heterocycles. The molecule has 2 unspecified atom stereocenters. The number of rotatable bonds is 9. The molecule has 2 N–H and O–H groups in total. The van der Waals surface area contributed by atoms with Gasteiger partial charge >= 0.3 is 5.91 Å². The highest BCUT2D eigenvalue weighted by Gasteiger charge is 2.72. The van der Waals surface area contributed by atoms with Crippen molar-refractivity contribution in [2.75, 3.05) is 53.4 Å². The Morgan fingerprint density at radius 3 is 2.28 bits per heavy atom. The molecule has 246 valence electrons. The highest BCUT2D eigenvalue weighted by Crippen LogP contribution is 2.58. The SMILES string of the molecule is CNC(=O)[C@@H]1C[C@@H](O)C[N+]1(C)C1(c2cc(C)cnc2OC)C(=O)N(S(=O)(=O)c2c(OC)cc(OC)cc2OC)c2ccc(Cl)cc21. The van der Waals surface area contributed by atoms with Crippen molar-refractivity contribution in [3.05, 3.63) is 64.3 Å². The van der Waals surface area contributed by atoms with Gasteiger partial charge in [0.2, 0.25) is 11.4 Å². The summed E-state index contributed by atoms with van der Waals surface area (Å²) in [5.41, 5.74) is -1.03. The van der Waals surface area contributed by atoms with Gasteiger partial charge in [-0.15, -0.1) is 0 Å². The molecule has 13 nitrogen and oxygen atoms in total. The topological polar surface area (TPSA) is 154 Å². The van der Waals surface area contributed by atoms with Crippen LogP contribution in [0.15, 0.2) is 47.5 Å². The van der Waals surface area contributed by atoms with Crippen LogP contribution in [-0.2, 0) is 25.2 Å². The number of fused-ring (bicyclic) bond motifs is 1. The molecule has 0 aliphatic carbocycles. The summed E-state index contributed by atoms with van der Waals surface area (Å²) in [7, 11) is 3.61. The summed E-state index contributed by atoms with van der Waals surface area (Å²) in [6.07, 6.45) is 0.524. The minimum atomic E-state index is -4.85. The number of nitrogens with zero attached hydrogens (tertiary/aromatic N) is 3. The van der Waals surface area contributed by atoms with Crippen LogP contribution in [-0.4, -0.2) is 96.0 Å². The Hall–Kier alpha value is -4.11. The van der Waals surface area contributed by atoms with E-state index in [-0.39, 0.29) is 57.9 Å². The molecule has 1 aromatic heterocycles. The molecular formula is C31H36ClN4O9S+. The first-order valence-corrected chi connectivity index (χ1v) is 16.0. The number of methoxy groups -OCH3 is 4. The predicted octanol–water partition coefficient (Wildman–Crippen LogP) is 2.38. The summed E-state index contributed by atoms with van der Waals surface area (Å²) in [5.74, 6) is -1.37. The molecule has 3 aromatic rings. The van der Waals surface area contributed by atoms with Gasteiger partial charge in [-0.2, -0.15) is 4.31 Å². The van der Waals surface area contributed by atoms with Crippen LogP contribution in [0, 0.1) is 6.92 Å². The lowest BCUT2D eigenvalue weighted by atomic mass is 9.79. The number of likely N-dealkylation sites (N-methyl/N-ethyl adjacent to an activating group) is 2. The number of nitrogens with one attached hydrogen (secondary N) is 1. The number of aliphatic hydroxyl groups is 1. The Labute approximate surface area is 272 Å². The molecule has 0 bridgehead atoms. The molecule has 0 spiro atoms. The second-order valence-electron chi connectivity index (χ2n) is 11.3. The maximum Gasteiger partial charge on any atom is 0.312 e. The van der Waals surface area contributed by atoms with Gasteiger partial charge < -0.3 is 29.4 Å². The minimum absolute atomic E-state index is 0.00443. The lowest BCUT2D eigenvalue weighted by molar-refractivity contribution is -0.953. The summed E-state index contributed by atoms with van der Waals surface area (Å²) in [5, 5.41) is 14.0. The molecule has 46 heavy (non-hydrogen) atoms. The standard InChI is InChI=1S/C31H35ClN4O9S/c1-17-10-22(29(45-7)34-15-17)31(36(3)16-19(37)12-24(36)28(38)33-2)21-11-18(32)8-9-23(21)35(30(31)39)46(40,41)27-25(43-5)13-20(42-4)14-26(27)44-6/h8-11,13-15,19,24,37H,12,16H2,1-7H3/p+1/t19-,24+,31?,36?/m1/s1. The van der Waals surface area contributed by atoms with Crippen molar-refractivity contribution in [2.45, 2.75) is 35.9 Å². The molecular weight excluding hydrogens is 640 g/mol. The molecule has 1 fully saturated rings. The fourth-order valence-electron chi connectivity index (χ4n) is 6.95. The second kappa shape index (κ2) is 11.9. The molecule has 1 saturated heterocycles. The molecule has 4 atom stereocenters. The number of carbonyl (C=O) groups excluding carboxylic acids is 2. The first kappa shape index (κ1) is 33.3. The van der Waals surface area contributed by atoms with E-state index in [0.717, 1.165) is 0 Å². The predicted molar refractivity (Wildman–Crippen MR) is 168 cm³/mol. The normalized spacial score (nSPS) is 24.0.